The summed E-state index contributed by atoms with van der Waals surface area (Å²) < 4.78 is 28.3. The molecule has 0 aliphatic rings. The van der Waals surface area contributed by atoms with Gasteiger partial charge in [-0.1, -0.05) is 0 Å². The standard InChI is InChI=1S/C4H11NO4S/c1-4(2-6)5-3-10(7,8)9/h4-6H,2-3H2,1H3,(H,7,8,9). The minimum atomic E-state index is -3.95. The highest BCUT2D eigenvalue weighted by Gasteiger charge is 2.05. The molecule has 62 valence electrons. The molecule has 0 saturated carbocycles. The van der Waals surface area contributed by atoms with Gasteiger partial charge in [0, 0.05) is 6.04 Å². The molecule has 1 unspecified atom stereocenters. The van der Waals surface area contributed by atoms with Crippen molar-refractivity contribution in [2.45, 2.75) is 13.0 Å². The van der Waals surface area contributed by atoms with Gasteiger partial charge in [0.1, 0.15) is 5.88 Å². The summed E-state index contributed by atoms with van der Waals surface area (Å²) in [6, 6.07) is -0.318. The molecule has 0 radical (unpaired) electrons. The molecule has 0 rings (SSSR count). The Labute approximate surface area is 59.8 Å². The zero-order valence-corrected chi connectivity index (χ0v) is 6.43. The van der Waals surface area contributed by atoms with Gasteiger partial charge in [-0.15, -0.1) is 0 Å². The number of aliphatic hydroxyl groups is 1. The normalized spacial score (nSPS) is 15.1. The molecular weight excluding hydrogens is 158 g/mol. The minimum absolute atomic E-state index is 0.157. The van der Waals surface area contributed by atoms with Gasteiger partial charge in [-0.05, 0) is 6.92 Å². The van der Waals surface area contributed by atoms with E-state index in [9.17, 15) is 8.42 Å². The highest BCUT2D eigenvalue weighted by Crippen LogP contribution is 1.81. The average molecular weight is 169 g/mol. The van der Waals surface area contributed by atoms with Gasteiger partial charge in [0.05, 0.1) is 6.61 Å². The molecule has 0 fully saturated rings. The molecule has 6 heteroatoms. The van der Waals surface area contributed by atoms with Crippen LogP contribution in [0.1, 0.15) is 6.92 Å². The second-order valence-corrected chi connectivity index (χ2v) is 3.47. The van der Waals surface area contributed by atoms with Crippen molar-refractivity contribution in [2.24, 2.45) is 0 Å². The van der Waals surface area contributed by atoms with Crippen molar-refractivity contribution in [1.82, 2.24) is 5.32 Å². The first-order valence-corrected chi connectivity index (χ1v) is 4.36. The van der Waals surface area contributed by atoms with E-state index < -0.39 is 16.0 Å². The Balaban J connectivity index is 3.56. The third-order valence-electron chi connectivity index (χ3n) is 0.888. The summed E-state index contributed by atoms with van der Waals surface area (Å²) in [5, 5.41) is 10.8. The molecule has 0 aliphatic carbocycles. The first kappa shape index (κ1) is 9.83. The van der Waals surface area contributed by atoms with Crippen LogP contribution in [0.25, 0.3) is 0 Å². The Hall–Kier alpha value is -0.170. The van der Waals surface area contributed by atoms with Crippen LogP contribution in [0, 0.1) is 0 Å². The van der Waals surface area contributed by atoms with Gasteiger partial charge in [0.15, 0.2) is 0 Å². The van der Waals surface area contributed by atoms with Crippen molar-refractivity contribution >= 4 is 10.1 Å². The molecule has 0 aliphatic heterocycles. The van der Waals surface area contributed by atoms with Gasteiger partial charge in [-0.3, -0.25) is 9.87 Å². The smallest absolute Gasteiger partial charge is 0.278 e. The molecule has 0 amide bonds. The van der Waals surface area contributed by atoms with Crippen molar-refractivity contribution in [3.63, 3.8) is 0 Å². The van der Waals surface area contributed by atoms with Crippen LogP contribution in [-0.2, 0) is 10.1 Å². The highest BCUT2D eigenvalue weighted by molar-refractivity contribution is 7.85. The molecule has 10 heavy (non-hydrogen) atoms. The lowest BCUT2D eigenvalue weighted by Gasteiger charge is -2.07. The molecule has 0 aromatic rings. The maximum Gasteiger partial charge on any atom is 0.278 e. The Morgan fingerprint density at radius 3 is 2.40 bits per heavy atom. The maximum atomic E-state index is 10.1. The first-order valence-electron chi connectivity index (χ1n) is 2.75. The van der Waals surface area contributed by atoms with Crippen molar-refractivity contribution in [3.8, 4) is 0 Å². The number of aliphatic hydroxyl groups excluding tert-OH is 1. The Bertz CT molecular complexity index is 176. The van der Waals surface area contributed by atoms with Crippen molar-refractivity contribution < 1.29 is 18.1 Å². The molecule has 0 saturated heterocycles. The van der Waals surface area contributed by atoms with Crippen LogP contribution in [0.4, 0.5) is 0 Å². The van der Waals surface area contributed by atoms with E-state index in [2.05, 4.69) is 5.32 Å². The van der Waals surface area contributed by atoms with E-state index in [0.29, 0.717) is 0 Å². The second-order valence-electron chi connectivity index (χ2n) is 2.01. The van der Waals surface area contributed by atoms with Crippen LogP contribution in [0.15, 0.2) is 0 Å². The molecule has 3 N–H and O–H groups in total. The molecule has 0 spiro atoms. The molecule has 0 heterocycles. The largest absolute Gasteiger partial charge is 0.395 e. The third kappa shape index (κ3) is 5.96. The highest BCUT2D eigenvalue weighted by atomic mass is 32.2. The van der Waals surface area contributed by atoms with E-state index >= 15 is 0 Å². The van der Waals surface area contributed by atoms with Crippen molar-refractivity contribution in [1.29, 1.82) is 0 Å². The van der Waals surface area contributed by atoms with E-state index in [1.54, 1.807) is 6.92 Å². The monoisotopic (exact) mass is 169 g/mol. The SMILES string of the molecule is CC(CO)NCS(=O)(=O)O. The summed E-state index contributed by atoms with van der Waals surface area (Å²) >= 11 is 0. The van der Waals surface area contributed by atoms with Crippen LogP contribution in [-0.4, -0.2) is 36.6 Å². The minimum Gasteiger partial charge on any atom is -0.395 e. The Morgan fingerprint density at radius 1 is 1.60 bits per heavy atom. The zero-order chi connectivity index (χ0) is 8.20. The number of hydrogen-bond acceptors (Lipinski definition) is 4. The van der Waals surface area contributed by atoms with E-state index in [1.165, 1.54) is 0 Å². The fourth-order valence-electron chi connectivity index (χ4n) is 0.312. The summed E-state index contributed by atoms with van der Waals surface area (Å²) in [6.07, 6.45) is 0. The van der Waals surface area contributed by atoms with E-state index in [0.717, 1.165) is 0 Å². The fraction of sp³-hybridized carbons (Fsp3) is 1.00. The van der Waals surface area contributed by atoms with Gasteiger partial charge in [-0.2, -0.15) is 8.42 Å². The topological polar surface area (TPSA) is 86.6 Å². The predicted octanol–water partition coefficient (Wildman–Crippen LogP) is -1.20. The molecule has 0 aromatic carbocycles. The van der Waals surface area contributed by atoms with Gasteiger partial charge in [0.2, 0.25) is 0 Å². The van der Waals surface area contributed by atoms with Crippen LogP contribution in [0.2, 0.25) is 0 Å². The molecule has 1 atom stereocenters. The van der Waals surface area contributed by atoms with Gasteiger partial charge in [-0.25, -0.2) is 0 Å². The van der Waals surface area contributed by atoms with Crippen LogP contribution in [0.3, 0.4) is 0 Å². The van der Waals surface area contributed by atoms with Crippen LogP contribution < -0.4 is 5.32 Å². The third-order valence-corrected chi connectivity index (χ3v) is 1.42. The lowest BCUT2D eigenvalue weighted by Crippen LogP contribution is -2.33. The summed E-state index contributed by atoms with van der Waals surface area (Å²) in [5.74, 6) is -0.519. The fourth-order valence-corrected chi connectivity index (χ4v) is 0.807. The van der Waals surface area contributed by atoms with Crippen molar-refractivity contribution in [3.05, 3.63) is 0 Å². The zero-order valence-electron chi connectivity index (χ0n) is 5.61. The van der Waals surface area contributed by atoms with Crippen molar-refractivity contribution in [2.75, 3.05) is 12.5 Å². The van der Waals surface area contributed by atoms with E-state index in [4.69, 9.17) is 9.66 Å². The average Bonchev–Trinajstić information content (AvgIpc) is 1.81. The summed E-state index contributed by atoms with van der Waals surface area (Å²) in [5.41, 5.74) is 0. The lowest BCUT2D eigenvalue weighted by molar-refractivity contribution is 0.255. The summed E-state index contributed by atoms with van der Waals surface area (Å²) in [6.45, 7) is 1.45. The number of hydrogen-bond donors (Lipinski definition) is 3. The summed E-state index contributed by atoms with van der Waals surface area (Å²) in [4.78, 5) is 0. The van der Waals surface area contributed by atoms with Gasteiger partial charge >= 0.3 is 0 Å². The molecule has 0 bridgehead atoms. The van der Waals surface area contributed by atoms with E-state index in [-0.39, 0.29) is 12.6 Å². The number of nitrogens with one attached hydrogen (secondary N) is 1. The quantitative estimate of drug-likeness (QED) is 0.460. The molecule has 0 aromatic heterocycles. The Kier molecular flexibility index (Phi) is 3.80. The predicted molar refractivity (Wildman–Crippen MR) is 36.1 cm³/mol. The first-order chi connectivity index (χ1) is 4.45. The molecule has 5 nitrogen and oxygen atoms in total. The second kappa shape index (κ2) is 3.87. The maximum absolute atomic E-state index is 10.1. The van der Waals surface area contributed by atoms with Crippen LogP contribution in [0.5, 0.6) is 0 Å². The molecular formula is C4H11NO4S. The van der Waals surface area contributed by atoms with Gasteiger partial charge < -0.3 is 5.11 Å². The lowest BCUT2D eigenvalue weighted by atomic mass is 10.4. The van der Waals surface area contributed by atoms with E-state index in [1.807, 2.05) is 0 Å². The summed E-state index contributed by atoms with van der Waals surface area (Å²) in [7, 11) is -3.95. The Morgan fingerprint density at radius 2 is 2.10 bits per heavy atom. The van der Waals surface area contributed by atoms with Gasteiger partial charge in [0.25, 0.3) is 10.1 Å². The van der Waals surface area contributed by atoms with Crippen LogP contribution >= 0.6 is 0 Å². The number of rotatable bonds is 4.